The zero-order valence-corrected chi connectivity index (χ0v) is 18.6. The Bertz CT molecular complexity index is 1200. The number of benzene rings is 2. The fraction of sp³-hybridized carbons (Fsp3) is 0.318. The van der Waals surface area contributed by atoms with E-state index < -0.39 is 15.8 Å². The molecular formula is C22H25FN6O2S. The molecule has 0 bridgehead atoms. The number of nitriles is 1. The minimum Gasteiger partial charge on any atom is -0.295 e. The molecule has 3 aromatic rings. The molecule has 0 atom stereocenters. The molecule has 0 unspecified atom stereocenters. The van der Waals surface area contributed by atoms with E-state index in [9.17, 15) is 12.8 Å². The van der Waals surface area contributed by atoms with Crippen LogP contribution < -0.4 is 5.14 Å². The third kappa shape index (κ3) is 5.97. The number of primary sulfonamides is 1. The van der Waals surface area contributed by atoms with Crippen LogP contribution in [0.15, 0.2) is 53.4 Å². The van der Waals surface area contributed by atoms with Crippen molar-refractivity contribution in [3.63, 3.8) is 0 Å². The highest BCUT2D eigenvalue weighted by atomic mass is 32.2. The van der Waals surface area contributed by atoms with E-state index >= 15 is 0 Å². The van der Waals surface area contributed by atoms with Gasteiger partial charge in [-0.3, -0.25) is 4.90 Å². The van der Waals surface area contributed by atoms with Gasteiger partial charge in [-0.1, -0.05) is 37.3 Å². The molecule has 168 valence electrons. The summed E-state index contributed by atoms with van der Waals surface area (Å²) in [6.45, 7) is 3.84. The Morgan fingerprint density at radius 3 is 2.56 bits per heavy atom. The SMILES string of the molecule is CCCN(CCC#N)Cc1nc(Cc2ccccc2)n(-c2ccc(S(N)(=O)=O)cc2F)n1. The van der Waals surface area contributed by atoms with Crippen molar-refractivity contribution in [1.82, 2.24) is 19.7 Å². The molecule has 0 spiro atoms. The lowest BCUT2D eigenvalue weighted by Crippen LogP contribution is -2.25. The first kappa shape index (κ1) is 23.5. The zero-order valence-electron chi connectivity index (χ0n) is 17.8. The summed E-state index contributed by atoms with van der Waals surface area (Å²) in [5.74, 6) is 0.250. The van der Waals surface area contributed by atoms with Gasteiger partial charge in [-0.25, -0.2) is 27.6 Å². The summed E-state index contributed by atoms with van der Waals surface area (Å²) in [6.07, 6.45) is 1.71. The maximum absolute atomic E-state index is 14.9. The highest BCUT2D eigenvalue weighted by Gasteiger charge is 2.19. The van der Waals surface area contributed by atoms with Crippen LogP contribution in [-0.2, 0) is 23.0 Å². The molecule has 32 heavy (non-hydrogen) atoms. The maximum Gasteiger partial charge on any atom is 0.238 e. The van der Waals surface area contributed by atoms with E-state index in [0.29, 0.717) is 37.6 Å². The van der Waals surface area contributed by atoms with Crippen molar-refractivity contribution in [2.75, 3.05) is 13.1 Å². The summed E-state index contributed by atoms with van der Waals surface area (Å²) in [7, 11) is -4.03. The molecule has 10 heteroatoms. The summed E-state index contributed by atoms with van der Waals surface area (Å²) < 4.78 is 39.4. The fourth-order valence-electron chi connectivity index (χ4n) is 3.38. The van der Waals surface area contributed by atoms with Gasteiger partial charge in [-0.2, -0.15) is 5.26 Å². The molecule has 0 saturated carbocycles. The predicted octanol–water partition coefficient (Wildman–Crippen LogP) is 2.77. The van der Waals surface area contributed by atoms with Crippen molar-refractivity contribution in [3.05, 3.63) is 71.6 Å². The number of nitrogens with zero attached hydrogens (tertiary/aromatic N) is 5. The lowest BCUT2D eigenvalue weighted by Gasteiger charge is -2.18. The molecule has 1 heterocycles. The Hall–Kier alpha value is -3.13. The number of sulfonamides is 1. The van der Waals surface area contributed by atoms with Gasteiger partial charge in [0.05, 0.1) is 17.5 Å². The van der Waals surface area contributed by atoms with Gasteiger partial charge in [0.2, 0.25) is 10.0 Å². The highest BCUT2D eigenvalue weighted by Crippen LogP contribution is 2.20. The van der Waals surface area contributed by atoms with E-state index in [0.717, 1.165) is 24.6 Å². The second kappa shape index (κ2) is 10.5. The number of rotatable bonds is 10. The van der Waals surface area contributed by atoms with E-state index in [2.05, 4.69) is 28.0 Å². The number of nitrogens with two attached hydrogens (primary N) is 1. The van der Waals surface area contributed by atoms with Gasteiger partial charge in [-0.05, 0) is 36.7 Å². The molecule has 0 amide bonds. The van der Waals surface area contributed by atoms with Crippen molar-refractivity contribution < 1.29 is 12.8 Å². The van der Waals surface area contributed by atoms with Crippen LogP contribution in [0.1, 0.15) is 37.0 Å². The van der Waals surface area contributed by atoms with E-state index in [1.807, 2.05) is 30.3 Å². The monoisotopic (exact) mass is 456 g/mol. The smallest absolute Gasteiger partial charge is 0.238 e. The molecule has 3 rings (SSSR count). The maximum atomic E-state index is 14.9. The van der Waals surface area contributed by atoms with Gasteiger partial charge in [0.15, 0.2) is 5.82 Å². The fourth-order valence-corrected chi connectivity index (χ4v) is 3.90. The number of hydrogen-bond donors (Lipinski definition) is 1. The van der Waals surface area contributed by atoms with Crippen LogP contribution in [0.2, 0.25) is 0 Å². The first-order valence-electron chi connectivity index (χ1n) is 10.2. The molecule has 0 aliphatic heterocycles. The van der Waals surface area contributed by atoms with E-state index in [1.165, 1.54) is 16.8 Å². The van der Waals surface area contributed by atoms with Crippen LogP contribution >= 0.6 is 0 Å². The van der Waals surface area contributed by atoms with Gasteiger partial charge >= 0.3 is 0 Å². The normalized spacial score (nSPS) is 11.6. The quantitative estimate of drug-likeness (QED) is 0.501. The van der Waals surface area contributed by atoms with Crippen LogP contribution in [0.3, 0.4) is 0 Å². The van der Waals surface area contributed by atoms with Gasteiger partial charge < -0.3 is 0 Å². The van der Waals surface area contributed by atoms with Crippen molar-refractivity contribution in [3.8, 4) is 11.8 Å². The minimum atomic E-state index is -4.03. The van der Waals surface area contributed by atoms with E-state index in [-0.39, 0.29) is 10.6 Å². The largest absolute Gasteiger partial charge is 0.295 e. The highest BCUT2D eigenvalue weighted by molar-refractivity contribution is 7.89. The van der Waals surface area contributed by atoms with E-state index in [4.69, 9.17) is 10.4 Å². The first-order valence-corrected chi connectivity index (χ1v) is 11.8. The molecule has 0 aliphatic carbocycles. The molecule has 0 saturated heterocycles. The van der Waals surface area contributed by atoms with Gasteiger partial charge in [-0.15, -0.1) is 5.10 Å². The van der Waals surface area contributed by atoms with Crippen LogP contribution in [0, 0.1) is 17.1 Å². The summed E-state index contributed by atoms with van der Waals surface area (Å²) >= 11 is 0. The summed E-state index contributed by atoms with van der Waals surface area (Å²) in [5, 5.41) is 18.6. The second-order valence-corrected chi connectivity index (χ2v) is 8.92. The minimum absolute atomic E-state index is 0.0844. The van der Waals surface area contributed by atoms with Crippen molar-refractivity contribution >= 4 is 10.0 Å². The summed E-state index contributed by atoms with van der Waals surface area (Å²) in [4.78, 5) is 6.41. The molecule has 0 aliphatic rings. The Morgan fingerprint density at radius 1 is 1.19 bits per heavy atom. The van der Waals surface area contributed by atoms with Crippen molar-refractivity contribution in [2.24, 2.45) is 5.14 Å². The van der Waals surface area contributed by atoms with Crippen LogP contribution in [0.25, 0.3) is 5.69 Å². The average Bonchev–Trinajstić information content (AvgIpc) is 3.14. The third-order valence-corrected chi connectivity index (χ3v) is 5.75. The zero-order chi connectivity index (χ0) is 23.1. The molecular weight excluding hydrogens is 431 g/mol. The molecule has 8 nitrogen and oxygen atoms in total. The van der Waals surface area contributed by atoms with Gasteiger partial charge in [0, 0.05) is 19.4 Å². The van der Waals surface area contributed by atoms with Crippen LogP contribution in [-0.4, -0.2) is 41.2 Å². The Kier molecular flexibility index (Phi) is 7.69. The second-order valence-electron chi connectivity index (χ2n) is 7.36. The molecule has 0 radical (unpaired) electrons. The Labute approximate surface area is 187 Å². The van der Waals surface area contributed by atoms with Crippen LogP contribution in [0.4, 0.5) is 4.39 Å². The van der Waals surface area contributed by atoms with Crippen molar-refractivity contribution in [2.45, 2.75) is 37.6 Å². The Balaban J connectivity index is 2.00. The molecule has 0 fully saturated rings. The standard InChI is InChI=1S/C22H25FN6O2S/c1-2-12-28(13-6-11-24)16-21-26-22(14-17-7-4-3-5-8-17)29(27-21)20-10-9-18(15-19(20)23)32(25,30)31/h3-5,7-10,15H,2,6,12-14,16H2,1H3,(H2,25,30,31). The average molecular weight is 457 g/mol. The number of hydrogen-bond acceptors (Lipinski definition) is 6. The molecule has 2 N–H and O–H groups in total. The lowest BCUT2D eigenvalue weighted by atomic mass is 10.1. The summed E-state index contributed by atoms with van der Waals surface area (Å²) in [5.41, 5.74) is 1.06. The first-order chi connectivity index (χ1) is 15.3. The number of aromatic nitrogens is 3. The molecule has 1 aromatic heterocycles. The van der Waals surface area contributed by atoms with Crippen molar-refractivity contribution in [1.29, 1.82) is 5.26 Å². The predicted molar refractivity (Wildman–Crippen MR) is 118 cm³/mol. The summed E-state index contributed by atoms with van der Waals surface area (Å²) in [6, 6.07) is 15.2. The third-order valence-electron chi connectivity index (χ3n) is 4.84. The lowest BCUT2D eigenvalue weighted by molar-refractivity contribution is 0.265. The van der Waals surface area contributed by atoms with Crippen LogP contribution in [0.5, 0.6) is 0 Å². The topological polar surface area (TPSA) is 118 Å². The van der Waals surface area contributed by atoms with Gasteiger partial charge in [0.1, 0.15) is 17.3 Å². The van der Waals surface area contributed by atoms with E-state index in [1.54, 1.807) is 0 Å². The molecule has 2 aromatic carbocycles. The van der Waals surface area contributed by atoms with Gasteiger partial charge in [0.25, 0.3) is 0 Å². The Morgan fingerprint density at radius 2 is 1.94 bits per heavy atom. The number of halogens is 1.